The largest absolute Gasteiger partial charge is 0.309 e. The fourth-order valence-electron chi connectivity index (χ4n) is 9.04. The van der Waals surface area contributed by atoms with E-state index in [0.717, 1.165) is 5.69 Å². The van der Waals surface area contributed by atoms with E-state index in [2.05, 4.69) is 217 Å². The van der Waals surface area contributed by atoms with Gasteiger partial charge in [0.2, 0.25) is 0 Å². The molecule has 12 rings (SSSR count). The molecule has 2 aromatic heterocycles. The van der Waals surface area contributed by atoms with Crippen molar-refractivity contribution in [3.63, 3.8) is 0 Å². The minimum atomic E-state index is 1.12. The molecule has 0 saturated carbocycles. The number of hydrogen-bond donors (Lipinski definition) is 0. The Bertz CT molecular complexity index is 3540. The molecule has 0 aliphatic carbocycles. The molecule has 0 saturated heterocycles. The predicted octanol–water partition coefficient (Wildman–Crippen LogP) is 17.2. The molecule has 0 aliphatic heterocycles. The lowest BCUT2D eigenvalue weighted by atomic mass is 9.96. The Kier molecular flexibility index (Phi) is 7.97. The molecule has 0 spiro atoms. The van der Waals surface area contributed by atoms with Crippen molar-refractivity contribution in [2.24, 2.45) is 0 Å². The van der Waals surface area contributed by atoms with Gasteiger partial charge in [0.1, 0.15) is 0 Å². The van der Waals surface area contributed by atoms with E-state index in [9.17, 15) is 0 Å². The summed E-state index contributed by atoms with van der Waals surface area (Å²) in [6.45, 7) is 0. The highest BCUT2D eigenvalue weighted by atomic mass is 32.1. The maximum absolute atomic E-state index is 2.54. The minimum Gasteiger partial charge on any atom is -0.309 e. The summed E-state index contributed by atoms with van der Waals surface area (Å²) in [5.74, 6) is 0. The van der Waals surface area contributed by atoms with Crippen LogP contribution in [-0.4, -0.2) is 0 Å². The van der Waals surface area contributed by atoms with Crippen LogP contribution in [0.25, 0.3) is 95.3 Å². The van der Waals surface area contributed by atoms with Crippen molar-refractivity contribution in [2.45, 2.75) is 0 Å². The van der Waals surface area contributed by atoms with Gasteiger partial charge in [-0.1, -0.05) is 164 Å². The summed E-state index contributed by atoms with van der Waals surface area (Å²) >= 11 is 3.77. The second-order valence-corrected chi connectivity index (χ2v) is 17.4. The van der Waals surface area contributed by atoms with Crippen molar-refractivity contribution in [3.05, 3.63) is 212 Å². The molecule has 276 valence electrons. The number of hydrogen-bond acceptors (Lipinski definition) is 3. The van der Waals surface area contributed by atoms with Crippen LogP contribution in [-0.2, 0) is 0 Å². The summed E-state index contributed by atoms with van der Waals surface area (Å²) in [6, 6.07) is 78.3. The number of nitrogens with zero attached hydrogens (tertiary/aromatic N) is 1. The number of anilines is 3. The molecule has 0 bridgehead atoms. The van der Waals surface area contributed by atoms with Crippen LogP contribution in [0.2, 0.25) is 0 Å². The first kappa shape index (κ1) is 34.0. The van der Waals surface area contributed by atoms with E-state index in [4.69, 9.17) is 0 Å². The molecule has 0 unspecified atom stereocenters. The van der Waals surface area contributed by atoms with E-state index in [0.29, 0.717) is 0 Å². The van der Waals surface area contributed by atoms with Gasteiger partial charge in [-0.2, -0.15) is 0 Å². The lowest BCUT2D eigenvalue weighted by Crippen LogP contribution is -2.11. The smallest absolute Gasteiger partial charge is 0.0561 e. The highest BCUT2D eigenvalue weighted by Gasteiger charge is 2.25. The first-order chi connectivity index (χ1) is 29.2. The van der Waals surface area contributed by atoms with Crippen LogP contribution >= 0.6 is 22.7 Å². The van der Waals surface area contributed by atoms with E-state index >= 15 is 0 Å². The third kappa shape index (κ3) is 5.66. The van der Waals surface area contributed by atoms with Crippen molar-refractivity contribution in [2.75, 3.05) is 4.90 Å². The van der Waals surface area contributed by atoms with Gasteiger partial charge in [-0.3, -0.25) is 0 Å². The fraction of sp³-hybridized carbons (Fsp3) is 0. The maximum atomic E-state index is 2.54. The van der Waals surface area contributed by atoms with Crippen LogP contribution < -0.4 is 4.90 Å². The van der Waals surface area contributed by atoms with Gasteiger partial charge < -0.3 is 4.90 Å². The molecular formula is C56H35NS2. The van der Waals surface area contributed by atoms with Gasteiger partial charge in [0, 0.05) is 46.0 Å². The molecule has 2 heterocycles. The molecule has 3 heteroatoms. The topological polar surface area (TPSA) is 3.24 Å². The summed E-state index contributed by atoms with van der Waals surface area (Å²) in [5.41, 5.74) is 10.8. The van der Waals surface area contributed by atoms with Crippen molar-refractivity contribution < 1.29 is 0 Å². The third-order valence-corrected chi connectivity index (χ3v) is 14.2. The van der Waals surface area contributed by atoms with Crippen molar-refractivity contribution in [1.29, 1.82) is 0 Å². The molecule has 59 heavy (non-hydrogen) atoms. The summed E-state index contributed by atoms with van der Waals surface area (Å²) in [4.78, 5) is 2.54. The van der Waals surface area contributed by atoms with Gasteiger partial charge in [0.25, 0.3) is 0 Å². The molecule has 0 N–H and O–H groups in total. The Morgan fingerprint density at radius 3 is 1.64 bits per heavy atom. The second kappa shape index (κ2) is 13.8. The van der Waals surface area contributed by atoms with E-state index in [1.807, 2.05) is 22.7 Å². The van der Waals surface area contributed by atoms with Crippen molar-refractivity contribution >= 4 is 102 Å². The summed E-state index contributed by atoms with van der Waals surface area (Å²) in [5, 5.41) is 10.2. The number of fused-ring (bicyclic) bond motifs is 9. The zero-order valence-corrected chi connectivity index (χ0v) is 33.6. The van der Waals surface area contributed by atoms with E-state index in [-0.39, 0.29) is 0 Å². The monoisotopic (exact) mass is 785 g/mol. The zero-order valence-electron chi connectivity index (χ0n) is 32.0. The van der Waals surface area contributed by atoms with Crippen LogP contribution in [0, 0.1) is 0 Å². The van der Waals surface area contributed by atoms with Crippen LogP contribution in [0.4, 0.5) is 17.1 Å². The molecule has 12 aromatic rings. The Labute approximate surface area is 350 Å². The van der Waals surface area contributed by atoms with Crippen molar-refractivity contribution in [3.8, 4) is 33.4 Å². The lowest BCUT2D eigenvalue weighted by Gasteiger charge is -2.29. The summed E-state index contributed by atoms with van der Waals surface area (Å²) in [6.07, 6.45) is 0. The Morgan fingerprint density at radius 2 is 0.881 bits per heavy atom. The second-order valence-electron chi connectivity index (χ2n) is 15.2. The Morgan fingerprint density at radius 1 is 0.305 bits per heavy atom. The van der Waals surface area contributed by atoms with Crippen LogP contribution in [0.5, 0.6) is 0 Å². The van der Waals surface area contributed by atoms with E-state index in [1.165, 1.54) is 107 Å². The summed E-state index contributed by atoms with van der Waals surface area (Å²) in [7, 11) is 0. The fourth-order valence-corrected chi connectivity index (χ4v) is 11.5. The number of thiophene rings is 2. The van der Waals surface area contributed by atoms with Crippen LogP contribution in [0.1, 0.15) is 0 Å². The first-order valence-electron chi connectivity index (χ1n) is 20.1. The van der Waals surface area contributed by atoms with Crippen LogP contribution in [0.3, 0.4) is 0 Å². The highest BCUT2D eigenvalue weighted by molar-refractivity contribution is 7.26. The highest BCUT2D eigenvalue weighted by Crippen LogP contribution is 2.52. The van der Waals surface area contributed by atoms with Gasteiger partial charge >= 0.3 is 0 Å². The van der Waals surface area contributed by atoms with Gasteiger partial charge in [0.15, 0.2) is 0 Å². The van der Waals surface area contributed by atoms with Gasteiger partial charge in [-0.05, 0) is 103 Å². The molecule has 0 fully saturated rings. The van der Waals surface area contributed by atoms with Crippen LogP contribution in [0.15, 0.2) is 212 Å². The predicted molar refractivity (Wildman–Crippen MR) is 258 cm³/mol. The first-order valence-corrected chi connectivity index (χ1v) is 21.7. The average Bonchev–Trinajstić information content (AvgIpc) is 3.89. The Hall–Kier alpha value is -7.04. The quantitative estimate of drug-likeness (QED) is 0.152. The SMILES string of the molecule is c1ccc(-c2cc(N(c3ccc(-c4ccc5ccc6ccccc6c5c4)cc3)c3ccc(-c4ccccc4)c4sc5ccccc5c34)c3c(c2)sc2ccccc23)cc1. The third-order valence-electron chi connectivity index (χ3n) is 11.8. The Balaban J connectivity index is 1.14. The molecular weight excluding hydrogens is 751 g/mol. The molecule has 0 aliphatic rings. The van der Waals surface area contributed by atoms with Gasteiger partial charge in [0.05, 0.1) is 11.4 Å². The van der Waals surface area contributed by atoms with Gasteiger partial charge in [-0.15, -0.1) is 22.7 Å². The molecule has 0 amide bonds. The number of benzene rings is 10. The van der Waals surface area contributed by atoms with Gasteiger partial charge in [-0.25, -0.2) is 0 Å². The van der Waals surface area contributed by atoms with E-state index in [1.54, 1.807) is 0 Å². The maximum Gasteiger partial charge on any atom is 0.0561 e. The lowest BCUT2D eigenvalue weighted by molar-refractivity contribution is 1.32. The molecule has 0 atom stereocenters. The standard InChI is InChI=1S/C56H35NS2/c1-3-13-36(14-4-1)42-34-50(54-46-19-9-11-21-51(46)58-53(54)35-42)57(49-32-31-45(38-15-5-2-6-16-38)56-55(49)47-20-10-12-22-52(47)59-56)43-29-27-37(28-30-43)41-26-25-40-24-23-39-17-7-8-18-44(39)48(40)33-41/h1-35H. The molecule has 1 nitrogen and oxygen atoms in total. The average molecular weight is 786 g/mol. The summed E-state index contributed by atoms with van der Waals surface area (Å²) < 4.78 is 5.15. The van der Waals surface area contributed by atoms with E-state index < -0.39 is 0 Å². The minimum absolute atomic E-state index is 1.12. The molecule has 10 aromatic carbocycles. The van der Waals surface area contributed by atoms with Crippen molar-refractivity contribution in [1.82, 2.24) is 0 Å². The normalized spacial score (nSPS) is 11.7. The number of rotatable bonds is 6. The zero-order chi connectivity index (χ0) is 38.9. The molecule has 0 radical (unpaired) electrons.